The number of anilines is 1. The molecule has 41 heavy (non-hydrogen) atoms. The van der Waals surface area contributed by atoms with E-state index in [1.165, 1.54) is 17.2 Å². The van der Waals surface area contributed by atoms with Crippen molar-refractivity contribution in [2.45, 2.75) is 37.5 Å². The van der Waals surface area contributed by atoms with E-state index < -0.39 is 35.9 Å². The fourth-order valence-corrected chi connectivity index (χ4v) is 4.53. The lowest BCUT2D eigenvalue weighted by atomic mass is 10.0. The van der Waals surface area contributed by atoms with Crippen molar-refractivity contribution in [3.63, 3.8) is 0 Å². The average molecular weight is 569 g/mol. The molecule has 2 aromatic rings. The van der Waals surface area contributed by atoms with E-state index in [0.717, 1.165) is 0 Å². The molecule has 0 saturated carbocycles. The molecule has 1 saturated heterocycles. The van der Waals surface area contributed by atoms with Crippen molar-refractivity contribution < 1.29 is 33.1 Å². The molecule has 15 heteroatoms. The zero-order chi connectivity index (χ0) is 28.9. The normalized spacial score (nSPS) is 20.5. The summed E-state index contributed by atoms with van der Waals surface area (Å²) in [6, 6.07) is 6.98. The lowest BCUT2D eigenvalue weighted by Gasteiger charge is -2.16. The molecule has 2 amide bonds. The second-order valence-corrected chi connectivity index (χ2v) is 9.79. The lowest BCUT2D eigenvalue weighted by Crippen LogP contribution is -2.35. The number of esters is 1. The summed E-state index contributed by atoms with van der Waals surface area (Å²) in [5, 5.41) is 13.7. The molecule has 1 unspecified atom stereocenters. The maximum absolute atomic E-state index is 15.1. The fourth-order valence-electron chi connectivity index (χ4n) is 4.53. The molecule has 0 radical (unpaired) electrons. The van der Waals surface area contributed by atoms with Crippen molar-refractivity contribution in [2.24, 2.45) is 27.0 Å². The highest BCUT2D eigenvalue weighted by molar-refractivity contribution is 5.99. The van der Waals surface area contributed by atoms with Gasteiger partial charge in [-0.1, -0.05) is 16.4 Å². The van der Waals surface area contributed by atoms with Crippen LogP contribution in [0.1, 0.15) is 25.0 Å². The molecular weight excluding hydrogens is 539 g/mol. The summed E-state index contributed by atoms with van der Waals surface area (Å²) in [7, 11) is 0. The van der Waals surface area contributed by atoms with Crippen LogP contribution < -0.4 is 16.4 Å². The first-order valence-electron chi connectivity index (χ1n) is 13.1. The summed E-state index contributed by atoms with van der Waals surface area (Å²) in [4.78, 5) is 46.3. The van der Waals surface area contributed by atoms with Crippen LogP contribution in [0.5, 0.6) is 0 Å². The Bertz CT molecular complexity index is 1370. The van der Waals surface area contributed by atoms with Crippen LogP contribution in [0.25, 0.3) is 11.1 Å². The van der Waals surface area contributed by atoms with Gasteiger partial charge in [0.05, 0.1) is 37.6 Å². The van der Waals surface area contributed by atoms with Crippen LogP contribution in [0.3, 0.4) is 0 Å². The van der Waals surface area contributed by atoms with Gasteiger partial charge in [-0.3, -0.25) is 24.5 Å². The Morgan fingerprint density at radius 1 is 1.22 bits per heavy atom. The smallest absolute Gasteiger partial charge is 0.414 e. The number of cyclic esters (lactones) is 1. The molecule has 3 aliphatic heterocycles. The number of aromatic nitrogens is 1. The Labute approximate surface area is 234 Å². The Hall–Kier alpha value is -4.66. The number of halogens is 1. The minimum atomic E-state index is -0.957. The van der Waals surface area contributed by atoms with Crippen LogP contribution in [-0.2, 0) is 23.9 Å². The number of nitrogens with two attached hydrogens (primary N) is 2. The fraction of sp³-hybridized carbons (Fsp3) is 0.423. The van der Waals surface area contributed by atoms with Gasteiger partial charge in [0.2, 0.25) is 5.91 Å². The summed E-state index contributed by atoms with van der Waals surface area (Å²) in [6.07, 6.45) is 0.500. The number of carbonyl (C=O) groups excluding carboxylic acids is 3. The van der Waals surface area contributed by atoms with Crippen molar-refractivity contribution >= 4 is 29.4 Å². The van der Waals surface area contributed by atoms with Gasteiger partial charge in [0.1, 0.15) is 30.3 Å². The monoisotopic (exact) mass is 568 g/mol. The van der Waals surface area contributed by atoms with Gasteiger partial charge >= 0.3 is 12.1 Å². The van der Waals surface area contributed by atoms with Crippen LogP contribution in [0.2, 0.25) is 0 Å². The second kappa shape index (κ2) is 12.2. The summed E-state index contributed by atoms with van der Waals surface area (Å²) in [5.74, 6) is -1.72. The maximum Gasteiger partial charge on any atom is 0.414 e. The van der Waals surface area contributed by atoms with E-state index in [1.807, 2.05) is 0 Å². The Morgan fingerprint density at radius 2 is 2.07 bits per heavy atom. The highest BCUT2D eigenvalue weighted by Crippen LogP contribution is 2.29. The maximum atomic E-state index is 15.1. The van der Waals surface area contributed by atoms with Crippen molar-refractivity contribution in [1.82, 2.24) is 9.99 Å². The molecule has 5 rings (SSSR count). The highest BCUT2D eigenvalue weighted by Gasteiger charge is 2.34. The van der Waals surface area contributed by atoms with Crippen molar-refractivity contribution in [3.8, 4) is 11.1 Å². The molecule has 1 fully saturated rings. The number of rotatable bonds is 11. The zero-order valence-corrected chi connectivity index (χ0v) is 22.0. The average Bonchev–Trinajstić information content (AvgIpc) is 3.72. The minimum Gasteiger partial charge on any atom is -0.460 e. The first-order valence-corrected chi connectivity index (χ1v) is 13.1. The topological polar surface area (TPSA) is 187 Å². The largest absolute Gasteiger partial charge is 0.460 e. The molecule has 14 nitrogen and oxygen atoms in total. The molecule has 4 heterocycles. The Morgan fingerprint density at radius 3 is 2.78 bits per heavy atom. The number of carbonyl (C=O) groups is 3. The van der Waals surface area contributed by atoms with E-state index in [9.17, 15) is 14.4 Å². The number of hydrogen-bond acceptors (Lipinski definition) is 12. The van der Waals surface area contributed by atoms with Crippen LogP contribution in [0, 0.1) is 5.82 Å². The number of nitrogens with zero attached hydrogens (tertiary/aromatic N) is 6. The zero-order valence-electron chi connectivity index (χ0n) is 22.0. The summed E-state index contributed by atoms with van der Waals surface area (Å²) < 4.78 is 25.7. The van der Waals surface area contributed by atoms with Gasteiger partial charge in [-0.25, -0.2) is 9.18 Å². The highest BCUT2D eigenvalue weighted by atomic mass is 19.1. The Kier molecular flexibility index (Phi) is 8.33. The van der Waals surface area contributed by atoms with E-state index in [2.05, 4.69) is 20.5 Å². The number of primary amides is 1. The van der Waals surface area contributed by atoms with Gasteiger partial charge < -0.3 is 25.8 Å². The summed E-state index contributed by atoms with van der Waals surface area (Å²) in [6.45, 7) is 1.94. The number of pyridine rings is 1. The SMILES string of the molecule is NC(=O)CC[C@H](N)C(=O)OCC1CC(c2ccc(-c3ccc(N4C[C@H](CN5CCN=N5)OC4=O)cc3F)cn2)=NO1. The van der Waals surface area contributed by atoms with E-state index in [4.69, 9.17) is 25.8 Å². The van der Waals surface area contributed by atoms with Crippen LogP contribution in [0.15, 0.2) is 52.0 Å². The van der Waals surface area contributed by atoms with E-state index >= 15 is 4.39 Å². The lowest BCUT2D eigenvalue weighted by molar-refractivity contribution is -0.149. The number of oxime groups is 1. The summed E-state index contributed by atoms with van der Waals surface area (Å²) >= 11 is 0. The minimum absolute atomic E-state index is 0.0138. The van der Waals surface area contributed by atoms with Gasteiger partial charge in [0.25, 0.3) is 0 Å². The van der Waals surface area contributed by atoms with Gasteiger partial charge in [0, 0.05) is 30.2 Å². The number of ether oxygens (including phenoxy) is 2. The third-order valence-corrected chi connectivity index (χ3v) is 6.72. The number of hydrogen-bond donors (Lipinski definition) is 2. The van der Waals surface area contributed by atoms with Gasteiger partial charge in [-0.05, 0) is 30.7 Å². The molecule has 0 bridgehead atoms. The second-order valence-electron chi connectivity index (χ2n) is 9.79. The van der Waals surface area contributed by atoms with E-state index in [1.54, 1.807) is 29.3 Å². The van der Waals surface area contributed by atoms with Gasteiger partial charge in [0.15, 0.2) is 6.10 Å². The molecule has 1 aromatic heterocycles. The molecular formula is C26H29FN8O6. The molecule has 3 aliphatic rings. The first kappa shape index (κ1) is 27.9. The molecule has 216 valence electrons. The van der Waals surface area contributed by atoms with E-state index in [0.29, 0.717) is 54.3 Å². The van der Waals surface area contributed by atoms with Crippen LogP contribution in [0.4, 0.5) is 14.9 Å². The predicted molar refractivity (Wildman–Crippen MR) is 142 cm³/mol. The molecule has 0 spiro atoms. The number of amides is 2. The predicted octanol–water partition coefficient (Wildman–Crippen LogP) is 1.52. The molecule has 4 N–H and O–H groups in total. The quantitative estimate of drug-likeness (QED) is 0.379. The van der Waals surface area contributed by atoms with E-state index in [-0.39, 0.29) is 32.1 Å². The molecule has 1 aromatic carbocycles. The first-order chi connectivity index (χ1) is 19.8. The van der Waals surface area contributed by atoms with Crippen molar-refractivity contribution in [3.05, 3.63) is 48.0 Å². The van der Waals surface area contributed by atoms with Crippen LogP contribution >= 0.6 is 0 Å². The van der Waals surface area contributed by atoms with Gasteiger partial charge in [-0.15, -0.1) is 0 Å². The molecule has 0 aliphatic carbocycles. The van der Waals surface area contributed by atoms with Crippen molar-refractivity contribution in [2.75, 3.05) is 37.7 Å². The standard InChI is InChI=1S/C26H29FN8O6/c27-20-9-16(35-13-18(40-26(35)38)12-34-8-7-31-33-34)2-3-19(20)15-1-5-22(30-11-15)23-10-17(41-32-23)14-39-25(37)21(28)4-6-24(29)36/h1-3,5,9,11,17-18,21H,4,6-8,10,12-14,28H2,(H2,29,36)/t17?,18-,21-/m0/s1. The van der Waals surface area contributed by atoms with Crippen molar-refractivity contribution in [1.29, 1.82) is 0 Å². The third-order valence-electron chi connectivity index (χ3n) is 6.72. The Balaban J connectivity index is 1.14. The summed E-state index contributed by atoms with van der Waals surface area (Å²) in [5.41, 5.74) is 13.1. The van der Waals surface area contributed by atoms with Gasteiger partial charge in [-0.2, -0.15) is 5.11 Å². The third kappa shape index (κ3) is 6.74. The number of benzene rings is 1. The molecule has 3 atom stereocenters. The van der Waals surface area contributed by atoms with Crippen LogP contribution in [-0.4, -0.2) is 84.7 Å².